The summed E-state index contributed by atoms with van der Waals surface area (Å²) in [7, 11) is 0. The number of hydrogen-bond acceptors (Lipinski definition) is 2. The Kier molecular flexibility index (Phi) is 1.48. The fourth-order valence-electron chi connectivity index (χ4n) is 1.26. The molecule has 12 heavy (non-hydrogen) atoms. The van der Waals surface area contributed by atoms with Crippen molar-refractivity contribution in [2.45, 2.75) is 6.92 Å². The zero-order chi connectivity index (χ0) is 8.72. The molecule has 1 aliphatic rings. The Labute approximate surface area is 75.6 Å². The minimum atomic E-state index is -0.0660. The van der Waals surface area contributed by atoms with Gasteiger partial charge in [-0.2, -0.15) is 0 Å². The number of carbonyl (C=O) groups excluding carboxylic acids is 1. The number of benzene rings is 1. The molecule has 0 aromatic heterocycles. The topological polar surface area (TPSA) is 29.1 Å². The molecule has 2 rings (SSSR count). The molecule has 1 aromatic carbocycles. The standard InChI is InChI=1S/C9H7NOS/c1-5-2-3-7-6(4-5)8(11)9(12)10-7/h2-4H,1H3,(H,10,11,12). The summed E-state index contributed by atoms with van der Waals surface area (Å²) >= 11 is 4.83. The Morgan fingerprint density at radius 1 is 1.42 bits per heavy atom. The number of rotatable bonds is 0. The van der Waals surface area contributed by atoms with E-state index in [0.717, 1.165) is 11.3 Å². The smallest absolute Gasteiger partial charge is 0.222 e. The molecular formula is C9H7NOS. The molecule has 3 heteroatoms. The van der Waals surface area contributed by atoms with Gasteiger partial charge in [0.15, 0.2) is 4.99 Å². The van der Waals surface area contributed by atoms with Crippen LogP contribution in [0, 0.1) is 6.92 Å². The van der Waals surface area contributed by atoms with Gasteiger partial charge in [-0.05, 0) is 19.1 Å². The number of ketones is 1. The maximum atomic E-state index is 11.3. The Bertz CT molecular complexity index is 384. The van der Waals surface area contributed by atoms with Crippen molar-refractivity contribution < 1.29 is 4.79 Å². The first kappa shape index (κ1) is 7.43. The summed E-state index contributed by atoms with van der Waals surface area (Å²) < 4.78 is 0. The molecule has 0 fully saturated rings. The van der Waals surface area contributed by atoms with Crippen molar-refractivity contribution in [2.24, 2.45) is 0 Å². The van der Waals surface area contributed by atoms with Crippen LogP contribution in [0.15, 0.2) is 18.2 Å². The van der Waals surface area contributed by atoms with Gasteiger partial charge in [0.25, 0.3) is 0 Å². The Morgan fingerprint density at radius 2 is 2.17 bits per heavy atom. The van der Waals surface area contributed by atoms with Crippen molar-refractivity contribution >= 4 is 28.7 Å². The fraction of sp³-hybridized carbons (Fsp3) is 0.111. The van der Waals surface area contributed by atoms with Gasteiger partial charge in [-0.1, -0.05) is 23.8 Å². The van der Waals surface area contributed by atoms with E-state index < -0.39 is 0 Å². The van der Waals surface area contributed by atoms with E-state index in [4.69, 9.17) is 12.2 Å². The lowest BCUT2D eigenvalue weighted by molar-refractivity contribution is 0.107. The van der Waals surface area contributed by atoms with Gasteiger partial charge in [0.05, 0.1) is 5.69 Å². The van der Waals surface area contributed by atoms with Gasteiger partial charge in [0.1, 0.15) is 0 Å². The molecule has 60 valence electrons. The van der Waals surface area contributed by atoms with Gasteiger partial charge < -0.3 is 5.32 Å². The van der Waals surface area contributed by atoms with Crippen LogP contribution in [0.2, 0.25) is 0 Å². The molecule has 0 saturated heterocycles. The molecule has 2 nitrogen and oxygen atoms in total. The SMILES string of the molecule is Cc1ccc2c(c1)C(=O)C(=S)N2. The van der Waals surface area contributed by atoms with E-state index in [0.29, 0.717) is 10.6 Å². The van der Waals surface area contributed by atoms with Gasteiger partial charge in [0.2, 0.25) is 5.78 Å². The van der Waals surface area contributed by atoms with E-state index in [2.05, 4.69) is 5.32 Å². The molecule has 0 saturated carbocycles. The Balaban J connectivity index is 2.63. The first-order chi connectivity index (χ1) is 5.68. The molecule has 0 amide bonds. The summed E-state index contributed by atoms with van der Waals surface area (Å²) in [6, 6.07) is 5.68. The lowest BCUT2D eigenvalue weighted by Crippen LogP contribution is -2.09. The monoisotopic (exact) mass is 177 g/mol. The summed E-state index contributed by atoms with van der Waals surface area (Å²) in [6.07, 6.45) is 0. The summed E-state index contributed by atoms with van der Waals surface area (Å²) in [5.41, 5.74) is 2.60. The van der Waals surface area contributed by atoms with Crippen LogP contribution < -0.4 is 5.32 Å². The lowest BCUT2D eigenvalue weighted by atomic mass is 10.1. The van der Waals surface area contributed by atoms with Crippen molar-refractivity contribution in [3.63, 3.8) is 0 Å². The molecule has 1 heterocycles. The van der Waals surface area contributed by atoms with Crippen molar-refractivity contribution in [3.8, 4) is 0 Å². The van der Waals surface area contributed by atoms with Crippen molar-refractivity contribution in [2.75, 3.05) is 5.32 Å². The Morgan fingerprint density at radius 3 is 2.92 bits per heavy atom. The first-order valence-electron chi connectivity index (χ1n) is 3.65. The number of fused-ring (bicyclic) bond motifs is 1. The minimum Gasteiger partial charge on any atom is -0.343 e. The van der Waals surface area contributed by atoms with Crippen LogP contribution in [0.4, 0.5) is 5.69 Å². The van der Waals surface area contributed by atoms with Gasteiger partial charge in [-0.15, -0.1) is 0 Å². The molecule has 1 aromatic rings. The van der Waals surface area contributed by atoms with E-state index in [9.17, 15) is 4.79 Å². The normalized spacial score (nSPS) is 14.4. The van der Waals surface area contributed by atoms with Crippen LogP contribution in [-0.4, -0.2) is 10.8 Å². The molecule has 1 N–H and O–H groups in total. The average molecular weight is 177 g/mol. The Hall–Kier alpha value is -1.22. The average Bonchev–Trinajstić information content (AvgIpc) is 2.31. The predicted molar refractivity (Wildman–Crippen MR) is 51.7 cm³/mol. The maximum absolute atomic E-state index is 11.3. The van der Waals surface area contributed by atoms with Gasteiger partial charge in [0, 0.05) is 5.56 Å². The van der Waals surface area contributed by atoms with Gasteiger partial charge in [-0.3, -0.25) is 4.79 Å². The zero-order valence-electron chi connectivity index (χ0n) is 6.55. The lowest BCUT2D eigenvalue weighted by Gasteiger charge is -1.96. The highest BCUT2D eigenvalue weighted by Crippen LogP contribution is 2.23. The summed E-state index contributed by atoms with van der Waals surface area (Å²) in [4.78, 5) is 11.6. The number of carbonyl (C=O) groups is 1. The van der Waals surface area contributed by atoms with Crippen LogP contribution in [0.3, 0.4) is 0 Å². The van der Waals surface area contributed by atoms with E-state index in [-0.39, 0.29) is 5.78 Å². The largest absolute Gasteiger partial charge is 0.343 e. The molecule has 0 radical (unpaired) electrons. The van der Waals surface area contributed by atoms with Crippen LogP contribution in [0.25, 0.3) is 0 Å². The van der Waals surface area contributed by atoms with E-state index >= 15 is 0 Å². The quantitative estimate of drug-likeness (QED) is 0.614. The third-order valence-corrected chi connectivity index (χ3v) is 2.16. The molecular weight excluding hydrogens is 170 g/mol. The number of hydrogen-bond donors (Lipinski definition) is 1. The molecule has 0 unspecified atom stereocenters. The third-order valence-electron chi connectivity index (χ3n) is 1.87. The number of Topliss-reactive ketones (excluding diaryl/α,β-unsaturated/α-hetero) is 1. The highest BCUT2D eigenvalue weighted by atomic mass is 32.1. The second kappa shape index (κ2) is 2.38. The van der Waals surface area contributed by atoms with Crippen molar-refractivity contribution in [1.82, 2.24) is 0 Å². The second-order valence-electron chi connectivity index (χ2n) is 2.83. The minimum absolute atomic E-state index is 0.0660. The summed E-state index contributed by atoms with van der Waals surface area (Å²) in [5, 5.41) is 2.86. The van der Waals surface area contributed by atoms with E-state index in [1.165, 1.54) is 0 Å². The van der Waals surface area contributed by atoms with Crippen LogP contribution >= 0.6 is 12.2 Å². The molecule has 0 bridgehead atoms. The van der Waals surface area contributed by atoms with Crippen molar-refractivity contribution in [3.05, 3.63) is 29.3 Å². The number of aryl methyl sites for hydroxylation is 1. The summed E-state index contributed by atoms with van der Waals surface area (Å²) in [6.45, 7) is 1.95. The third kappa shape index (κ3) is 0.940. The highest BCUT2D eigenvalue weighted by Gasteiger charge is 2.23. The number of anilines is 1. The number of nitrogens with one attached hydrogen (secondary N) is 1. The molecule has 1 aliphatic heterocycles. The first-order valence-corrected chi connectivity index (χ1v) is 4.05. The zero-order valence-corrected chi connectivity index (χ0v) is 7.37. The fourth-order valence-corrected chi connectivity index (χ4v) is 1.48. The van der Waals surface area contributed by atoms with Crippen LogP contribution in [0.1, 0.15) is 15.9 Å². The van der Waals surface area contributed by atoms with E-state index in [1.54, 1.807) is 0 Å². The molecule has 0 aliphatic carbocycles. The van der Waals surface area contributed by atoms with Crippen molar-refractivity contribution in [1.29, 1.82) is 0 Å². The van der Waals surface area contributed by atoms with Crippen LogP contribution in [-0.2, 0) is 0 Å². The predicted octanol–water partition coefficient (Wildman–Crippen LogP) is 1.93. The maximum Gasteiger partial charge on any atom is 0.222 e. The van der Waals surface area contributed by atoms with E-state index in [1.807, 2.05) is 25.1 Å². The molecule has 0 spiro atoms. The van der Waals surface area contributed by atoms with Gasteiger partial charge >= 0.3 is 0 Å². The van der Waals surface area contributed by atoms with Crippen LogP contribution in [0.5, 0.6) is 0 Å². The van der Waals surface area contributed by atoms with Gasteiger partial charge in [-0.25, -0.2) is 0 Å². The second-order valence-corrected chi connectivity index (χ2v) is 3.24. The summed E-state index contributed by atoms with van der Waals surface area (Å²) in [5.74, 6) is -0.0660. The highest BCUT2D eigenvalue weighted by molar-refractivity contribution is 7.82. The molecule has 0 atom stereocenters. The number of thiocarbonyl (C=S) groups is 1.